The number of nitrogens with zero attached hydrogens (tertiary/aromatic N) is 1. The van der Waals surface area contributed by atoms with E-state index in [4.69, 9.17) is 27.9 Å². The number of ether oxygens (including phenoxy) is 1. The summed E-state index contributed by atoms with van der Waals surface area (Å²) in [6.07, 6.45) is 0.530. The van der Waals surface area contributed by atoms with Crippen LogP contribution in [0.4, 0.5) is 5.69 Å². The molecular formula is C19H20Cl2N2O3. The van der Waals surface area contributed by atoms with Crippen LogP contribution in [-0.2, 0) is 16.0 Å². The summed E-state index contributed by atoms with van der Waals surface area (Å²) in [6.45, 7) is 1.77. The van der Waals surface area contributed by atoms with Crippen molar-refractivity contribution in [2.45, 2.75) is 13.3 Å². The molecule has 7 heteroatoms. The summed E-state index contributed by atoms with van der Waals surface area (Å²) < 4.78 is 5.13. The molecule has 0 aliphatic rings. The second-order valence-corrected chi connectivity index (χ2v) is 6.55. The number of anilines is 1. The van der Waals surface area contributed by atoms with Gasteiger partial charge in [-0.3, -0.25) is 9.59 Å². The Kier molecular flexibility index (Phi) is 7.30. The van der Waals surface area contributed by atoms with Gasteiger partial charge >= 0.3 is 0 Å². The Morgan fingerprint density at radius 2 is 1.92 bits per heavy atom. The lowest BCUT2D eigenvalue weighted by Crippen LogP contribution is -2.38. The predicted molar refractivity (Wildman–Crippen MR) is 104 cm³/mol. The molecule has 0 aliphatic carbocycles. The van der Waals surface area contributed by atoms with Crippen LogP contribution >= 0.6 is 23.2 Å². The largest absolute Gasteiger partial charge is 0.497 e. The van der Waals surface area contributed by atoms with Crippen LogP contribution in [0.25, 0.3) is 0 Å². The molecular weight excluding hydrogens is 375 g/mol. The van der Waals surface area contributed by atoms with Crippen LogP contribution in [0, 0.1) is 0 Å². The number of methoxy groups -OCH3 is 1. The number of carbonyl (C=O) groups excluding carboxylic acids is 2. The molecule has 0 aromatic heterocycles. The van der Waals surface area contributed by atoms with E-state index >= 15 is 0 Å². The molecule has 2 aromatic carbocycles. The summed E-state index contributed by atoms with van der Waals surface area (Å²) in [6, 6.07) is 12.3. The van der Waals surface area contributed by atoms with Crippen LogP contribution in [0.5, 0.6) is 5.75 Å². The van der Waals surface area contributed by atoms with Crippen molar-refractivity contribution in [1.82, 2.24) is 4.90 Å². The van der Waals surface area contributed by atoms with Crippen LogP contribution in [0.2, 0.25) is 10.0 Å². The highest BCUT2D eigenvalue weighted by Gasteiger charge is 2.15. The number of hydrogen-bond acceptors (Lipinski definition) is 3. The molecule has 2 amide bonds. The highest BCUT2D eigenvalue weighted by Crippen LogP contribution is 2.21. The third-order valence-corrected chi connectivity index (χ3v) is 4.39. The lowest BCUT2D eigenvalue weighted by molar-refractivity contribution is -0.132. The fourth-order valence-corrected chi connectivity index (χ4v) is 2.91. The van der Waals surface area contributed by atoms with Crippen LogP contribution in [0.3, 0.4) is 0 Å². The molecule has 26 heavy (non-hydrogen) atoms. The van der Waals surface area contributed by atoms with Gasteiger partial charge in [0.25, 0.3) is 0 Å². The first-order chi connectivity index (χ1) is 12.4. The molecule has 0 spiro atoms. The zero-order valence-electron chi connectivity index (χ0n) is 14.6. The topological polar surface area (TPSA) is 58.6 Å². The van der Waals surface area contributed by atoms with E-state index in [0.717, 1.165) is 5.56 Å². The van der Waals surface area contributed by atoms with Gasteiger partial charge in [-0.2, -0.15) is 0 Å². The Morgan fingerprint density at radius 1 is 1.15 bits per heavy atom. The lowest BCUT2D eigenvalue weighted by Gasteiger charge is -2.21. The molecule has 138 valence electrons. The van der Waals surface area contributed by atoms with Gasteiger partial charge in [-0.15, -0.1) is 0 Å². The van der Waals surface area contributed by atoms with Crippen LogP contribution < -0.4 is 10.1 Å². The first kappa shape index (κ1) is 20.1. The van der Waals surface area contributed by atoms with Gasteiger partial charge in [-0.25, -0.2) is 0 Å². The fourth-order valence-electron chi connectivity index (χ4n) is 2.40. The standard InChI is InChI=1S/C19H20Cl2N2O3/c1-13(24)23(9-8-14-6-7-15(20)10-18(14)21)12-19(25)22-16-4-3-5-17(11-16)26-2/h3-7,10-11H,8-9,12H2,1-2H3,(H,22,25). The molecule has 0 radical (unpaired) electrons. The van der Waals surface area contributed by atoms with Crippen molar-refractivity contribution in [2.75, 3.05) is 25.5 Å². The molecule has 0 saturated carbocycles. The van der Waals surface area contributed by atoms with E-state index in [2.05, 4.69) is 5.32 Å². The number of rotatable bonds is 7. The molecule has 2 aromatic rings. The van der Waals surface area contributed by atoms with Gasteiger partial charge in [0.2, 0.25) is 11.8 Å². The average Bonchev–Trinajstić information content (AvgIpc) is 2.59. The summed E-state index contributed by atoms with van der Waals surface area (Å²) in [5, 5.41) is 3.86. The highest BCUT2D eigenvalue weighted by atomic mass is 35.5. The highest BCUT2D eigenvalue weighted by molar-refractivity contribution is 6.35. The van der Waals surface area contributed by atoms with Gasteiger partial charge in [0.1, 0.15) is 5.75 Å². The molecule has 0 saturated heterocycles. The second-order valence-electron chi connectivity index (χ2n) is 5.71. The number of amides is 2. The van der Waals surface area contributed by atoms with Gasteiger partial charge in [0, 0.05) is 35.3 Å². The number of nitrogens with one attached hydrogen (secondary N) is 1. The third-order valence-electron chi connectivity index (χ3n) is 3.80. The number of hydrogen-bond donors (Lipinski definition) is 1. The molecule has 0 bridgehead atoms. The first-order valence-corrected chi connectivity index (χ1v) is 8.78. The van der Waals surface area contributed by atoms with Crippen molar-refractivity contribution in [3.8, 4) is 5.75 Å². The van der Waals surface area contributed by atoms with E-state index in [1.165, 1.54) is 11.8 Å². The SMILES string of the molecule is COc1cccc(NC(=O)CN(CCc2ccc(Cl)cc2Cl)C(C)=O)c1. The fraction of sp³-hybridized carbons (Fsp3) is 0.263. The first-order valence-electron chi connectivity index (χ1n) is 8.02. The number of benzene rings is 2. The zero-order valence-corrected chi connectivity index (χ0v) is 16.1. The Balaban J connectivity index is 1.96. The summed E-state index contributed by atoms with van der Waals surface area (Å²) in [4.78, 5) is 25.6. The van der Waals surface area contributed by atoms with Crippen LogP contribution in [0.15, 0.2) is 42.5 Å². The molecule has 5 nitrogen and oxygen atoms in total. The molecule has 1 N–H and O–H groups in total. The van der Waals surface area contributed by atoms with E-state index in [1.807, 2.05) is 6.07 Å². The van der Waals surface area contributed by atoms with E-state index in [-0.39, 0.29) is 18.4 Å². The Hall–Kier alpha value is -2.24. The Labute approximate surface area is 162 Å². The Morgan fingerprint density at radius 3 is 2.58 bits per heavy atom. The van der Waals surface area contributed by atoms with Gasteiger partial charge in [-0.1, -0.05) is 35.3 Å². The summed E-state index contributed by atoms with van der Waals surface area (Å²) >= 11 is 12.0. The molecule has 0 fully saturated rings. The maximum absolute atomic E-state index is 12.3. The van der Waals surface area contributed by atoms with E-state index in [0.29, 0.717) is 34.4 Å². The molecule has 2 rings (SSSR count). The minimum atomic E-state index is -0.282. The normalized spacial score (nSPS) is 10.3. The van der Waals surface area contributed by atoms with Crippen molar-refractivity contribution < 1.29 is 14.3 Å². The molecule has 0 unspecified atom stereocenters. The molecule has 0 heterocycles. The average molecular weight is 395 g/mol. The Bertz CT molecular complexity index is 796. The van der Waals surface area contributed by atoms with Crippen molar-refractivity contribution in [3.05, 3.63) is 58.1 Å². The van der Waals surface area contributed by atoms with E-state index in [9.17, 15) is 9.59 Å². The van der Waals surface area contributed by atoms with Crippen molar-refractivity contribution in [1.29, 1.82) is 0 Å². The van der Waals surface area contributed by atoms with Gasteiger partial charge in [0.05, 0.1) is 13.7 Å². The van der Waals surface area contributed by atoms with E-state index < -0.39 is 0 Å². The predicted octanol–water partition coefficient (Wildman–Crippen LogP) is 4.03. The molecule has 0 aliphatic heterocycles. The minimum absolute atomic E-state index is 0.0439. The zero-order chi connectivity index (χ0) is 19.1. The number of carbonyl (C=O) groups is 2. The van der Waals surface area contributed by atoms with E-state index in [1.54, 1.807) is 43.5 Å². The van der Waals surface area contributed by atoms with Crippen molar-refractivity contribution >= 4 is 40.7 Å². The van der Waals surface area contributed by atoms with Gasteiger partial charge in [-0.05, 0) is 36.2 Å². The maximum atomic E-state index is 12.3. The maximum Gasteiger partial charge on any atom is 0.243 e. The summed E-state index contributed by atoms with van der Waals surface area (Å²) in [5.41, 5.74) is 1.48. The smallest absolute Gasteiger partial charge is 0.243 e. The van der Waals surface area contributed by atoms with Gasteiger partial charge < -0.3 is 15.0 Å². The second kappa shape index (κ2) is 9.46. The summed E-state index contributed by atoms with van der Waals surface area (Å²) in [5.74, 6) is 0.176. The quantitative estimate of drug-likeness (QED) is 0.770. The lowest BCUT2D eigenvalue weighted by atomic mass is 10.1. The monoisotopic (exact) mass is 394 g/mol. The van der Waals surface area contributed by atoms with Crippen LogP contribution in [0.1, 0.15) is 12.5 Å². The summed E-state index contributed by atoms with van der Waals surface area (Å²) in [7, 11) is 1.56. The van der Waals surface area contributed by atoms with Gasteiger partial charge in [0.15, 0.2) is 0 Å². The minimum Gasteiger partial charge on any atom is -0.497 e. The third kappa shape index (κ3) is 5.93. The van der Waals surface area contributed by atoms with Crippen LogP contribution in [-0.4, -0.2) is 36.9 Å². The number of halogens is 2. The molecule has 0 atom stereocenters. The van der Waals surface area contributed by atoms with Crippen molar-refractivity contribution in [2.24, 2.45) is 0 Å². The van der Waals surface area contributed by atoms with Crippen molar-refractivity contribution in [3.63, 3.8) is 0 Å².